The van der Waals surface area contributed by atoms with Gasteiger partial charge in [0.2, 0.25) is 0 Å². The lowest BCUT2D eigenvalue weighted by Gasteiger charge is -2.31. The van der Waals surface area contributed by atoms with Crippen LogP contribution in [0.25, 0.3) is 0 Å². The molecular formula is C8H16O2. The highest BCUT2D eigenvalue weighted by atomic mass is 16.3. The Kier molecular flexibility index (Phi) is 2.69. The first-order valence-corrected chi connectivity index (χ1v) is 4.04. The second-order valence-corrected chi connectivity index (χ2v) is 3.32. The minimum atomic E-state index is -0.256. The molecule has 0 spiro atoms. The summed E-state index contributed by atoms with van der Waals surface area (Å²) < 4.78 is 0. The SMILES string of the molecule is CC1CCCC(O)C1CO. The van der Waals surface area contributed by atoms with Gasteiger partial charge in [-0.2, -0.15) is 0 Å². The quantitative estimate of drug-likeness (QED) is 0.571. The van der Waals surface area contributed by atoms with Gasteiger partial charge in [0, 0.05) is 12.5 Å². The Bertz CT molecular complexity index is 93.4. The van der Waals surface area contributed by atoms with Gasteiger partial charge in [-0.25, -0.2) is 0 Å². The van der Waals surface area contributed by atoms with Crippen molar-refractivity contribution in [3.05, 3.63) is 0 Å². The summed E-state index contributed by atoms with van der Waals surface area (Å²) in [4.78, 5) is 0. The van der Waals surface area contributed by atoms with E-state index in [-0.39, 0.29) is 18.6 Å². The zero-order valence-corrected chi connectivity index (χ0v) is 6.45. The first-order valence-electron chi connectivity index (χ1n) is 4.04. The maximum absolute atomic E-state index is 9.38. The van der Waals surface area contributed by atoms with E-state index in [9.17, 15) is 5.11 Å². The van der Waals surface area contributed by atoms with Gasteiger partial charge in [-0.15, -0.1) is 0 Å². The molecular weight excluding hydrogens is 128 g/mol. The molecule has 2 nitrogen and oxygen atoms in total. The van der Waals surface area contributed by atoms with Gasteiger partial charge < -0.3 is 10.2 Å². The summed E-state index contributed by atoms with van der Waals surface area (Å²) in [5, 5.41) is 18.3. The molecule has 0 aliphatic heterocycles. The van der Waals surface area contributed by atoms with Gasteiger partial charge in [-0.1, -0.05) is 19.8 Å². The van der Waals surface area contributed by atoms with Crippen molar-refractivity contribution < 1.29 is 10.2 Å². The van der Waals surface area contributed by atoms with E-state index in [2.05, 4.69) is 6.92 Å². The number of rotatable bonds is 1. The molecule has 1 fully saturated rings. The predicted octanol–water partition coefficient (Wildman–Crippen LogP) is 0.776. The summed E-state index contributed by atoms with van der Waals surface area (Å²) in [5.41, 5.74) is 0. The number of hydrogen-bond donors (Lipinski definition) is 2. The number of aliphatic hydroxyl groups excluding tert-OH is 2. The van der Waals surface area contributed by atoms with Gasteiger partial charge in [0.15, 0.2) is 0 Å². The molecule has 3 unspecified atom stereocenters. The maximum atomic E-state index is 9.38. The Balaban J connectivity index is 2.45. The molecule has 2 heteroatoms. The average Bonchev–Trinajstić information content (AvgIpc) is 1.88. The van der Waals surface area contributed by atoms with E-state index < -0.39 is 0 Å². The fourth-order valence-corrected chi connectivity index (χ4v) is 1.76. The van der Waals surface area contributed by atoms with Crippen LogP contribution in [0.5, 0.6) is 0 Å². The molecule has 1 aliphatic rings. The van der Waals surface area contributed by atoms with Gasteiger partial charge in [-0.3, -0.25) is 0 Å². The Morgan fingerprint density at radius 1 is 1.40 bits per heavy atom. The van der Waals surface area contributed by atoms with Crippen molar-refractivity contribution in [2.75, 3.05) is 6.61 Å². The third-order valence-corrected chi connectivity index (χ3v) is 2.60. The van der Waals surface area contributed by atoms with E-state index in [1.807, 2.05) is 0 Å². The van der Waals surface area contributed by atoms with Crippen molar-refractivity contribution in [1.82, 2.24) is 0 Å². The summed E-state index contributed by atoms with van der Waals surface area (Å²) in [6, 6.07) is 0. The van der Waals surface area contributed by atoms with E-state index >= 15 is 0 Å². The lowest BCUT2D eigenvalue weighted by Crippen LogP contribution is -2.33. The van der Waals surface area contributed by atoms with Gasteiger partial charge in [-0.05, 0) is 12.3 Å². The van der Waals surface area contributed by atoms with Crippen molar-refractivity contribution in [3.63, 3.8) is 0 Å². The largest absolute Gasteiger partial charge is 0.396 e. The molecule has 2 N–H and O–H groups in total. The molecule has 1 aliphatic carbocycles. The third kappa shape index (κ3) is 1.50. The highest BCUT2D eigenvalue weighted by molar-refractivity contribution is 4.78. The molecule has 0 amide bonds. The molecule has 0 aromatic rings. The van der Waals surface area contributed by atoms with Crippen LogP contribution >= 0.6 is 0 Å². The topological polar surface area (TPSA) is 40.5 Å². The monoisotopic (exact) mass is 144 g/mol. The molecule has 0 radical (unpaired) electrons. The van der Waals surface area contributed by atoms with E-state index in [0.717, 1.165) is 19.3 Å². The Labute approximate surface area is 61.9 Å². The second-order valence-electron chi connectivity index (χ2n) is 3.32. The lowest BCUT2D eigenvalue weighted by molar-refractivity contribution is 0.00604. The second kappa shape index (κ2) is 3.35. The van der Waals surface area contributed by atoms with E-state index in [1.54, 1.807) is 0 Å². The van der Waals surface area contributed by atoms with Crippen molar-refractivity contribution >= 4 is 0 Å². The zero-order valence-electron chi connectivity index (χ0n) is 6.45. The third-order valence-electron chi connectivity index (χ3n) is 2.60. The molecule has 0 aromatic heterocycles. The van der Waals surface area contributed by atoms with E-state index in [1.165, 1.54) is 0 Å². The first-order chi connectivity index (χ1) is 4.75. The standard InChI is InChI=1S/C8H16O2/c1-6-3-2-4-8(10)7(6)5-9/h6-10H,2-5H2,1H3. The number of aliphatic hydroxyl groups is 2. The molecule has 0 heterocycles. The molecule has 0 saturated heterocycles. The summed E-state index contributed by atoms with van der Waals surface area (Å²) in [5.74, 6) is 0.627. The van der Waals surface area contributed by atoms with Gasteiger partial charge >= 0.3 is 0 Å². The molecule has 3 atom stereocenters. The van der Waals surface area contributed by atoms with Crippen LogP contribution in [0.1, 0.15) is 26.2 Å². The van der Waals surface area contributed by atoms with E-state index in [0.29, 0.717) is 5.92 Å². The number of hydrogen-bond acceptors (Lipinski definition) is 2. The summed E-state index contributed by atoms with van der Waals surface area (Å²) in [6.45, 7) is 2.24. The summed E-state index contributed by atoms with van der Waals surface area (Å²) in [6.07, 6.45) is 2.88. The fraction of sp³-hybridized carbons (Fsp3) is 1.00. The van der Waals surface area contributed by atoms with Crippen LogP contribution in [-0.4, -0.2) is 22.9 Å². The van der Waals surface area contributed by atoms with Crippen molar-refractivity contribution in [3.8, 4) is 0 Å². The molecule has 0 aromatic carbocycles. The van der Waals surface area contributed by atoms with Crippen LogP contribution in [0.4, 0.5) is 0 Å². The van der Waals surface area contributed by atoms with Gasteiger partial charge in [0.05, 0.1) is 6.10 Å². The molecule has 60 valence electrons. The molecule has 1 saturated carbocycles. The highest BCUT2D eigenvalue weighted by Gasteiger charge is 2.28. The minimum Gasteiger partial charge on any atom is -0.396 e. The fourth-order valence-electron chi connectivity index (χ4n) is 1.76. The van der Waals surface area contributed by atoms with Crippen molar-refractivity contribution in [2.24, 2.45) is 11.8 Å². The zero-order chi connectivity index (χ0) is 7.56. The van der Waals surface area contributed by atoms with Crippen LogP contribution in [0.15, 0.2) is 0 Å². The van der Waals surface area contributed by atoms with Crippen LogP contribution in [0, 0.1) is 11.8 Å². The average molecular weight is 144 g/mol. The normalized spacial score (nSPS) is 41.7. The van der Waals surface area contributed by atoms with E-state index in [4.69, 9.17) is 5.11 Å². The molecule has 10 heavy (non-hydrogen) atoms. The van der Waals surface area contributed by atoms with Crippen LogP contribution in [0.3, 0.4) is 0 Å². The van der Waals surface area contributed by atoms with Crippen molar-refractivity contribution in [2.45, 2.75) is 32.3 Å². The summed E-state index contributed by atoms with van der Waals surface area (Å²) >= 11 is 0. The maximum Gasteiger partial charge on any atom is 0.0592 e. The first kappa shape index (κ1) is 8.02. The Morgan fingerprint density at radius 3 is 2.50 bits per heavy atom. The van der Waals surface area contributed by atoms with Crippen molar-refractivity contribution in [1.29, 1.82) is 0 Å². The van der Waals surface area contributed by atoms with Gasteiger partial charge in [0.25, 0.3) is 0 Å². The predicted molar refractivity (Wildman–Crippen MR) is 39.6 cm³/mol. The Hall–Kier alpha value is -0.0800. The van der Waals surface area contributed by atoms with Crippen LogP contribution in [0.2, 0.25) is 0 Å². The lowest BCUT2D eigenvalue weighted by atomic mass is 9.79. The Morgan fingerprint density at radius 2 is 2.10 bits per heavy atom. The molecule has 1 rings (SSSR count). The van der Waals surface area contributed by atoms with Crippen LogP contribution < -0.4 is 0 Å². The highest BCUT2D eigenvalue weighted by Crippen LogP contribution is 2.29. The van der Waals surface area contributed by atoms with Gasteiger partial charge in [0.1, 0.15) is 0 Å². The minimum absolute atomic E-state index is 0.133. The summed E-state index contributed by atoms with van der Waals surface area (Å²) in [7, 11) is 0. The smallest absolute Gasteiger partial charge is 0.0592 e. The van der Waals surface area contributed by atoms with Crippen LogP contribution in [-0.2, 0) is 0 Å². The molecule has 0 bridgehead atoms.